The molecule has 31 heavy (non-hydrogen) atoms. The number of nitrogens with zero attached hydrogens (tertiary/aromatic N) is 5. The van der Waals surface area contributed by atoms with Crippen LogP contribution in [0.5, 0.6) is 0 Å². The largest absolute Gasteiger partial charge is 0.301 e. The van der Waals surface area contributed by atoms with Crippen molar-refractivity contribution < 1.29 is 13.6 Å². The molecule has 0 saturated carbocycles. The molecule has 12 heteroatoms. The summed E-state index contributed by atoms with van der Waals surface area (Å²) in [6.07, 6.45) is 4.18. The van der Waals surface area contributed by atoms with Crippen LogP contribution in [0.4, 0.5) is 13.9 Å². The first-order chi connectivity index (χ1) is 14.9. The highest BCUT2D eigenvalue weighted by Crippen LogP contribution is 2.31. The van der Waals surface area contributed by atoms with Crippen LogP contribution < -0.4 is 10.9 Å². The molecule has 1 aromatic carbocycles. The maximum Gasteiger partial charge on any atom is 0.290 e. The van der Waals surface area contributed by atoms with Gasteiger partial charge in [-0.05, 0) is 0 Å². The van der Waals surface area contributed by atoms with E-state index in [0.717, 1.165) is 16.3 Å². The van der Waals surface area contributed by atoms with Gasteiger partial charge in [0.15, 0.2) is 21.5 Å². The Hall–Kier alpha value is -3.25. The topological polar surface area (TPSA) is 103 Å². The molecule has 0 aliphatic rings. The zero-order valence-electron chi connectivity index (χ0n) is 15.7. The molecule has 3 aromatic heterocycles. The molecular formula is C19H14F2N6O2S2. The van der Waals surface area contributed by atoms with Gasteiger partial charge in [-0.2, -0.15) is 8.78 Å². The van der Waals surface area contributed by atoms with Crippen molar-refractivity contribution in [3.63, 3.8) is 0 Å². The number of hydrogen-bond donors (Lipinski definition) is 1. The number of thioether (sulfide) groups is 1. The second-order valence-corrected chi connectivity index (χ2v) is 8.10. The number of hydrogen-bond acceptors (Lipinski definition) is 8. The van der Waals surface area contributed by atoms with Crippen molar-refractivity contribution >= 4 is 45.3 Å². The fourth-order valence-corrected chi connectivity index (χ4v) is 4.05. The first-order valence-corrected chi connectivity index (χ1v) is 10.8. The maximum absolute atomic E-state index is 14.9. The molecule has 4 aromatic rings. The molecule has 0 saturated heterocycles. The minimum Gasteiger partial charge on any atom is -0.301 e. The van der Waals surface area contributed by atoms with Crippen molar-refractivity contribution in [3.8, 4) is 0 Å². The van der Waals surface area contributed by atoms with Crippen LogP contribution in [0.2, 0.25) is 0 Å². The molecular weight excluding hydrogens is 446 g/mol. The molecule has 1 N–H and O–H groups in total. The first kappa shape index (κ1) is 21.0. The average Bonchev–Trinajstić information content (AvgIpc) is 3.28. The third-order valence-corrected chi connectivity index (χ3v) is 5.79. The Morgan fingerprint density at radius 1 is 1.13 bits per heavy atom. The molecule has 3 heterocycles. The van der Waals surface area contributed by atoms with Gasteiger partial charge < -0.3 is 5.32 Å². The Morgan fingerprint density at radius 3 is 2.65 bits per heavy atom. The van der Waals surface area contributed by atoms with Crippen molar-refractivity contribution in [2.24, 2.45) is 0 Å². The molecule has 8 nitrogen and oxygen atoms in total. The molecule has 0 aliphatic heterocycles. The fraction of sp³-hybridized carbons (Fsp3) is 0.158. The third kappa shape index (κ3) is 4.75. The second kappa shape index (κ2) is 8.86. The van der Waals surface area contributed by atoms with E-state index in [4.69, 9.17) is 0 Å². The molecule has 0 unspecified atom stereocenters. The molecule has 0 spiro atoms. The van der Waals surface area contributed by atoms with E-state index < -0.39 is 23.9 Å². The lowest BCUT2D eigenvalue weighted by Crippen LogP contribution is -2.32. The van der Waals surface area contributed by atoms with E-state index in [0.29, 0.717) is 5.13 Å². The number of thiazole rings is 1. The number of amides is 1. The quantitative estimate of drug-likeness (QED) is 0.334. The molecule has 0 bridgehead atoms. The van der Waals surface area contributed by atoms with Gasteiger partial charge in [-0.25, -0.2) is 19.9 Å². The molecule has 0 aliphatic carbocycles. The minimum absolute atomic E-state index is 0.0228. The van der Waals surface area contributed by atoms with Crippen LogP contribution in [0.3, 0.4) is 0 Å². The van der Waals surface area contributed by atoms with Crippen LogP contribution in [0, 0.1) is 0 Å². The van der Waals surface area contributed by atoms with Gasteiger partial charge in [-0.15, -0.1) is 11.3 Å². The van der Waals surface area contributed by atoms with Crippen LogP contribution in [-0.2, 0) is 17.3 Å². The SMILES string of the molecule is O=C(CSc1nc2nccnc2c(=O)n1CC(F)(F)c1ccccc1)Nc1nccs1. The number of benzene rings is 1. The molecule has 158 valence electrons. The Kier molecular flexibility index (Phi) is 6.00. The van der Waals surface area contributed by atoms with Crippen LogP contribution in [-0.4, -0.2) is 36.2 Å². The van der Waals surface area contributed by atoms with Gasteiger partial charge in [0, 0.05) is 29.5 Å². The number of aromatic nitrogens is 5. The third-order valence-electron chi connectivity index (χ3n) is 4.12. The zero-order chi connectivity index (χ0) is 21.8. The minimum atomic E-state index is -3.35. The highest BCUT2D eigenvalue weighted by atomic mass is 32.2. The summed E-state index contributed by atoms with van der Waals surface area (Å²) in [5, 5.41) is 4.66. The van der Waals surface area contributed by atoms with Gasteiger partial charge in [0.05, 0.1) is 12.3 Å². The van der Waals surface area contributed by atoms with Crippen LogP contribution >= 0.6 is 23.1 Å². The van der Waals surface area contributed by atoms with Gasteiger partial charge in [0.25, 0.3) is 11.5 Å². The Morgan fingerprint density at radius 2 is 1.90 bits per heavy atom. The Labute approximate surface area is 182 Å². The van der Waals surface area contributed by atoms with E-state index in [9.17, 15) is 18.4 Å². The van der Waals surface area contributed by atoms with E-state index >= 15 is 0 Å². The van der Waals surface area contributed by atoms with Crippen LogP contribution in [0.1, 0.15) is 5.56 Å². The number of carbonyl (C=O) groups is 1. The van der Waals surface area contributed by atoms with Gasteiger partial charge in [-0.1, -0.05) is 42.1 Å². The summed E-state index contributed by atoms with van der Waals surface area (Å²) in [6, 6.07) is 7.19. The molecule has 0 fully saturated rings. The van der Waals surface area contributed by atoms with Gasteiger partial charge in [0.2, 0.25) is 5.91 Å². The van der Waals surface area contributed by atoms with E-state index in [1.54, 1.807) is 17.6 Å². The second-order valence-electron chi connectivity index (χ2n) is 6.26. The Balaban J connectivity index is 1.66. The van der Waals surface area contributed by atoms with Crippen molar-refractivity contribution in [3.05, 3.63) is 70.2 Å². The summed E-state index contributed by atoms with van der Waals surface area (Å²) < 4.78 is 30.7. The van der Waals surface area contributed by atoms with E-state index in [2.05, 4.69) is 25.3 Å². The normalized spacial score (nSPS) is 11.5. The van der Waals surface area contributed by atoms with Gasteiger partial charge in [-0.3, -0.25) is 14.2 Å². The number of rotatable bonds is 7. The van der Waals surface area contributed by atoms with E-state index in [1.165, 1.54) is 48.0 Å². The lowest BCUT2D eigenvalue weighted by molar-refractivity contribution is -0.113. The number of nitrogens with one attached hydrogen (secondary N) is 1. The van der Waals surface area contributed by atoms with Crippen molar-refractivity contribution in [2.45, 2.75) is 17.6 Å². The number of carbonyl (C=O) groups excluding carboxylic acids is 1. The molecule has 4 rings (SSSR count). The summed E-state index contributed by atoms with van der Waals surface area (Å²) in [6.45, 7) is -0.953. The summed E-state index contributed by atoms with van der Waals surface area (Å²) in [5.74, 6) is -3.91. The molecule has 1 amide bonds. The maximum atomic E-state index is 14.9. The van der Waals surface area contributed by atoms with Crippen LogP contribution in [0.15, 0.2) is 64.3 Å². The summed E-state index contributed by atoms with van der Waals surface area (Å²) in [4.78, 5) is 41.2. The number of anilines is 1. The van der Waals surface area contributed by atoms with Crippen LogP contribution in [0.25, 0.3) is 11.2 Å². The molecule has 0 radical (unpaired) electrons. The smallest absolute Gasteiger partial charge is 0.290 e. The summed E-state index contributed by atoms with van der Waals surface area (Å²) in [7, 11) is 0. The number of fused-ring (bicyclic) bond motifs is 1. The van der Waals surface area contributed by atoms with Crippen molar-refractivity contribution in [2.75, 3.05) is 11.1 Å². The Bertz CT molecular complexity index is 1270. The molecule has 0 atom stereocenters. The van der Waals surface area contributed by atoms with Gasteiger partial charge >= 0.3 is 0 Å². The summed E-state index contributed by atoms with van der Waals surface area (Å²) >= 11 is 2.10. The van der Waals surface area contributed by atoms with E-state index in [1.807, 2.05) is 0 Å². The highest BCUT2D eigenvalue weighted by molar-refractivity contribution is 7.99. The summed E-state index contributed by atoms with van der Waals surface area (Å²) in [5.41, 5.74) is -1.09. The fourth-order valence-electron chi connectivity index (χ4n) is 2.72. The van der Waals surface area contributed by atoms with E-state index in [-0.39, 0.29) is 27.6 Å². The first-order valence-electron chi connectivity index (χ1n) is 8.91. The zero-order valence-corrected chi connectivity index (χ0v) is 17.4. The number of halogens is 2. The lowest BCUT2D eigenvalue weighted by atomic mass is 10.1. The lowest BCUT2D eigenvalue weighted by Gasteiger charge is -2.20. The predicted molar refractivity (Wildman–Crippen MR) is 113 cm³/mol. The van der Waals surface area contributed by atoms with Crippen molar-refractivity contribution in [1.82, 2.24) is 24.5 Å². The van der Waals surface area contributed by atoms with Gasteiger partial charge in [0.1, 0.15) is 0 Å². The average molecular weight is 460 g/mol. The van der Waals surface area contributed by atoms with Crippen molar-refractivity contribution in [1.29, 1.82) is 0 Å². The monoisotopic (exact) mass is 460 g/mol. The predicted octanol–water partition coefficient (Wildman–Crippen LogP) is 3.17. The standard InChI is InChI=1S/C19H14F2N6O2S2/c20-19(21,12-4-2-1-3-5-12)11-27-16(29)14-15(23-7-6-22-14)26-18(27)31-10-13(28)25-17-24-8-9-30-17/h1-9H,10-11H2,(H,24,25,28). The number of alkyl halides is 2. The highest BCUT2D eigenvalue weighted by Gasteiger charge is 2.34.